The van der Waals surface area contributed by atoms with Crippen LogP contribution in [-0.2, 0) is 0 Å². The number of rotatable bonds is 1. The molecule has 1 fully saturated rings. The first-order valence-electron chi connectivity index (χ1n) is 6.40. The quantitative estimate of drug-likeness (QED) is 0.667. The van der Waals surface area contributed by atoms with Crippen molar-refractivity contribution < 1.29 is 4.39 Å². The van der Waals surface area contributed by atoms with Crippen molar-refractivity contribution in [3.05, 3.63) is 41.6 Å². The fourth-order valence-electron chi connectivity index (χ4n) is 2.18. The maximum Gasteiger partial charge on any atom is 0.198 e. The normalized spacial score (nSPS) is 21.3. The molecular weight excluding hydrogens is 341 g/mol. The van der Waals surface area contributed by atoms with Gasteiger partial charge in [0.25, 0.3) is 0 Å². The predicted molar refractivity (Wildman–Crippen MR) is 92.0 cm³/mol. The molecule has 1 aromatic rings. The number of nitrogens with two attached hydrogens (primary N) is 1. The Bertz CT molecular complexity index is 799. The molecule has 0 atom stereocenters. The fourth-order valence-corrected chi connectivity index (χ4v) is 2.64. The number of halogens is 2. The van der Waals surface area contributed by atoms with Crippen molar-refractivity contribution >= 4 is 51.5 Å². The van der Waals surface area contributed by atoms with Crippen LogP contribution in [0.4, 0.5) is 10.1 Å². The lowest BCUT2D eigenvalue weighted by molar-refractivity contribution is 0.399. The van der Waals surface area contributed by atoms with Gasteiger partial charge in [0.15, 0.2) is 27.8 Å². The van der Waals surface area contributed by atoms with Gasteiger partial charge in [-0.2, -0.15) is 0 Å². The minimum Gasteiger partial charge on any atom is -0.382 e. The van der Waals surface area contributed by atoms with Crippen LogP contribution in [0.1, 0.15) is 0 Å². The van der Waals surface area contributed by atoms with Crippen molar-refractivity contribution in [1.29, 1.82) is 5.41 Å². The minimum absolute atomic E-state index is 0.0415. The molecule has 0 radical (unpaired) electrons. The molecule has 10 heteroatoms. The molecule has 0 bridgehead atoms. The molecule has 0 saturated carbocycles. The van der Waals surface area contributed by atoms with Gasteiger partial charge in [0.2, 0.25) is 0 Å². The number of benzene rings is 1. The Balaban J connectivity index is 2.17. The van der Waals surface area contributed by atoms with Gasteiger partial charge in [-0.3, -0.25) is 20.7 Å². The number of nitrogens with one attached hydrogen (secondary N) is 2. The number of anilines is 1. The van der Waals surface area contributed by atoms with Crippen LogP contribution in [0.25, 0.3) is 0 Å². The summed E-state index contributed by atoms with van der Waals surface area (Å²) in [6.07, 6.45) is 0. The Morgan fingerprint density at radius 1 is 1.30 bits per heavy atom. The van der Waals surface area contributed by atoms with Crippen molar-refractivity contribution in [2.24, 2.45) is 15.7 Å². The van der Waals surface area contributed by atoms with Crippen LogP contribution in [-0.4, -0.2) is 34.0 Å². The van der Waals surface area contributed by atoms with Crippen molar-refractivity contribution in [3.63, 3.8) is 0 Å². The molecule has 0 aromatic heterocycles. The molecule has 3 rings (SSSR count). The van der Waals surface area contributed by atoms with Crippen molar-refractivity contribution in [2.75, 3.05) is 11.9 Å². The van der Waals surface area contributed by atoms with Gasteiger partial charge in [0, 0.05) is 7.05 Å². The first-order valence-corrected chi connectivity index (χ1v) is 7.19. The Labute approximate surface area is 141 Å². The summed E-state index contributed by atoms with van der Waals surface area (Å²) in [4.78, 5) is 9.63. The highest BCUT2D eigenvalue weighted by atomic mass is 35.5. The second-order valence-electron chi connectivity index (χ2n) is 4.71. The number of aliphatic imine (C=N–C) groups is 2. The number of amidine groups is 2. The van der Waals surface area contributed by atoms with Crippen LogP contribution in [0.15, 0.2) is 45.8 Å². The highest BCUT2D eigenvalue weighted by molar-refractivity contribution is 7.80. The monoisotopic (exact) mass is 351 g/mol. The zero-order chi connectivity index (χ0) is 16.7. The Kier molecular flexibility index (Phi) is 3.74. The highest BCUT2D eigenvalue weighted by Gasteiger charge is 2.34. The summed E-state index contributed by atoms with van der Waals surface area (Å²) in [5, 5.41) is 9.44. The first kappa shape index (κ1) is 15.4. The minimum atomic E-state index is -0.359. The van der Waals surface area contributed by atoms with Gasteiger partial charge >= 0.3 is 0 Å². The molecule has 2 aliphatic heterocycles. The first-order chi connectivity index (χ1) is 10.9. The zero-order valence-corrected chi connectivity index (χ0v) is 13.4. The lowest BCUT2D eigenvalue weighted by atomic mass is 10.2. The van der Waals surface area contributed by atoms with E-state index < -0.39 is 0 Å². The third kappa shape index (κ3) is 2.64. The van der Waals surface area contributed by atoms with E-state index in [9.17, 15) is 4.39 Å². The maximum absolute atomic E-state index is 13.2. The lowest BCUT2D eigenvalue weighted by Gasteiger charge is -2.22. The number of nitrogens with zero attached hydrogens (tertiary/aromatic N) is 4. The summed E-state index contributed by atoms with van der Waals surface area (Å²) < 4.78 is 13.2. The van der Waals surface area contributed by atoms with Gasteiger partial charge in [-0.1, -0.05) is 11.6 Å². The predicted octanol–water partition coefficient (Wildman–Crippen LogP) is 1.52. The molecule has 0 spiro atoms. The molecule has 2 aliphatic rings. The lowest BCUT2D eigenvalue weighted by Crippen LogP contribution is -2.31. The van der Waals surface area contributed by atoms with Crippen LogP contribution in [0, 0.1) is 11.2 Å². The van der Waals surface area contributed by atoms with E-state index in [0.29, 0.717) is 16.6 Å². The standard InChI is InChI=1S/C13H11ClFN7S/c1-21-12(8-10(16)19-11(17)9(14)18-8)22(13(23)20-21)7-4-2-6(15)3-5-7/h2-5H,1H3,(H,20,23)(H3,16,17,19)/b12-8-. The van der Waals surface area contributed by atoms with E-state index in [0.717, 1.165) is 0 Å². The molecule has 118 valence electrons. The number of hydrogen-bond donors (Lipinski definition) is 3. The summed E-state index contributed by atoms with van der Waals surface area (Å²) in [5.74, 6) is -0.0472. The number of thiocarbonyl (C=S) groups is 1. The van der Waals surface area contributed by atoms with Crippen LogP contribution in [0.2, 0.25) is 0 Å². The zero-order valence-electron chi connectivity index (χ0n) is 11.8. The van der Waals surface area contributed by atoms with Crippen molar-refractivity contribution in [1.82, 2.24) is 10.4 Å². The Morgan fingerprint density at radius 3 is 2.61 bits per heavy atom. The van der Waals surface area contributed by atoms with Crippen molar-refractivity contribution in [2.45, 2.75) is 0 Å². The largest absolute Gasteiger partial charge is 0.382 e. The van der Waals surface area contributed by atoms with Gasteiger partial charge in [-0.25, -0.2) is 14.4 Å². The van der Waals surface area contributed by atoms with Gasteiger partial charge in [0.1, 0.15) is 11.5 Å². The smallest absolute Gasteiger partial charge is 0.198 e. The SMILES string of the molecule is CN1NC(=S)N(c2ccc(F)cc2)/C1=C1\N=C(Cl)C(=N)N=C1N. The van der Waals surface area contributed by atoms with E-state index in [1.54, 1.807) is 29.1 Å². The molecular formula is C13H11ClFN7S. The third-order valence-corrected chi connectivity index (χ3v) is 3.71. The van der Waals surface area contributed by atoms with E-state index >= 15 is 0 Å². The number of hydrazine groups is 1. The van der Waals surface area contributed by atoms with Crippen LogP contribution in [0.3, 0.4) is 0 Å². The summed E-state index contributed by atoms with van der Waals surface area (Å²) in [6, 6.07) is 5.80. The van der Waals surface area contributed by atoms with Crippen molar-refractivity contribution in [3.8, 4) is 0 Å². The summed E-state index contributed by atoms with van der Waals surface area (Å²) >= 11 is 11.2. The molecule has 23 heavy (non-hydrogen) atoms. The van der Waals surface area contributed by atoms with E-state index in [1.807, 2.05) is 0 Å². The average molecular weight is 352 g/mol. The number of hydrogen-bond acceptors (Lipinski definition) is 5. The van der Waals surface area contributed by atoms with Crippen LogP contribution in [0.5, 0.6) is 0 Å². The van der Waals surface area contributed by atoms with Gasteiger partial charge in [-0.15, -0.1) is 0 Å². The second kappa shape index (κ2) is 5.60. The van der Waals surface area contributed by atoms with E-state index in [-0.39, 0.29) is 28.4 Å². The molecule has 0 unspecified atom stereocenters. The molecule has 1 saturated heterocycles. The Hall–Kier alpha value is -2.52. The average Bonchev–Trinajstić information content (AvgIpc) is 2.78. The molecule has 7 nitrogen and oxygen atoms in total. The summed E-state index contributed by atoms with van der Waals surface area (Å²) in [7, 11) is 1.72. The van der Waals surface area contributed by atoms with Gasteiger partial charge in [0.05, 0.1) is 5.69 Å². The van der Waals surface area contributed by atoms with Gasteiger partial charge in [-0.05, 0) is 36.5 Å². The third-order valence-electron chi connectivity index (χ3n) is 3.17. The molecule has 1 aromatic carbocycles. The molecule has 0 aliphatic carbocycles. The van der Waals surface area contributed by atoms with E-state index in [2.05, 4.69) is 15.4 Å². The van der Waals surface area contributed by atoms with E-state index in [1.165, 1.54) is 12.1 Å². The van der Waals surface area contributed by atoms with Crippen LogP contribution < -0.4 is 16.1 Å². The maximum atomic E-state index is 13.2. The van der Waals surface area contributed by atoms with Gasteiger partial charge < -0.3 is 5.73 Å². The fraction of sp³-hybridized carbons (Fsp3) is 0.0769. The summed E-state index contributed by atoms with van der Waals surface area (Å²) in [5.41, 5.74) is 9.71. The molecule has 0 amide bonds. The highest BCUT2D eigenvalue weighted by Crippen LogP contribution is 2.29. The Morgan fingerprint density at radius 2 is 1.96 bits per heavy atom. The summed E-state index contributed by atoms with van der Waals surface area (Å²) in [6.45, 7) is 0. The topological polar surface area (TPSA) is 93.1 Å². The second-order valence-corrected chi connectivity index (χ2v) is 5.45. The molecule has 4 N–H and O–H groups in total. The van der Waals surface area contributed by atoms with Crippen LogP contribution >= 0.6 is 23.8 Å². The van der Waals surface area contributed by atoms with E-state index in [4.69, 9.17) is 35.0 Å². The molecule has 2 heterocycles.